The van der Waals surface area contributed by atoms with E-state index in [0.717, 1.165) is 28.9 Å². The Morgan fingerprint density at radius 2 is 2.16 bits per heavy atom. The van der Waals surface area contributed by atoms with Crippen LogP contribution in [0.25, 0.3) is 0 Å². The molecule has 0 amide bonds. The van der Waals surface area contributed by atoms with E-state index >= 15 is 0 Å². The predicted octanol–water partition coefficient (Wildman–Crippen LogP) is 2.09. The summed E-state index contributed by atoms with van der Waals surface area (Å²) in [5, 5.41) is 11.1. The summed E-state index contributed by atoms with van der Waals surface area (Å²) in [5.41, 5.74) is 3.69. The molecule has 1 unspecified atom stereocenters. The first-order valence-corrected chi connectivity index (χ1v) is 8.75. The lowest BCUT2D eigenvalue weighted by molar-refractivity contribution is -0.698. The average molecular weight is 333 g/mol. The number of benzene rings is 1. The van der Waals surface area contributed by atoms with Crippen LogP contribution in [0.2, 0.25) is 0 Å². The van der Waals surface area contributed by atoms with Crippen molar-refractivity contribution in [1.82, 2.24) is 10.2 Å². The van der Waals surface area contributed by atoms with Gasteiger partial charge in [-0.2, -0.15) is 5.10 Å². The van der Waals surface area contributed by atoms with Crippen LogP contribution in [-0.2, 0) is 0 Å². The maximum atomic E-state index is 4.55. The lowest BCUT2D eigenvalue weighted by Gasteiger charge is -2.29. The Hall–Kier alpha value is -2.86. The molecule has 126 valence electrons. The van der Waals surface area contributed by atoms with E-state index in [1.165, 1.54) is 29.8 Å². The van der Waals surface area contributed by atoms with E-state index in [-0.39, 0.29) is 0 Å². The van der Waals surface area contributed by atoms with Crippen molar-refractivity contribution in [3.05, 3.63) is 66.0 Å². The number of aromatic amines is 1. The zero-order chi connectivity index (χ0) is 16.8. The SMILES string of the molecule is Cc1ccccc1N1C=C(Nc2cc(C3CC3)[nH]n2)[NH+]2C=CN=C2C1. The van der Waals surface area contributed by atoms with Crippen molar-refractivity contribution in [3.63, 3.8) is 0 Å². The summed E-state index contributed by atoms with van der Waals surface area (Å²) in [7, 11) is 0. The number of nitrogens with one attached hydrogen (secondary N) is 3. The van der Waals surface area contributed by atoms with Gasteiger partial charge in [0.15, 0.2) is 5.82 Å². The van der Waals surface area contributed by atoms with Crippen molar-refractivity contribution in [1.29, 1.82) is 0 Å². The quantitative estimate of drug-likeness (QED) is 0.803. The molecule has 0 bridgehead atoms. The van der Waals surface area contributed by atoms with Crippen molar-refractivity contribution >= 4 is 17.3 Å². The molecule has 25 heavy (non-hydrogen) atoms. The fourth-order valence-corrected chi connectivity index (χ4v) is 3.45. The first kappa shape index (κ1) is 14.5. The minimum Gasteiger partial charge on any atom is -0.329 e. The first-order chi connectivity index (χ1) is 12.3. The molecular weight excluding hydrogens is 312 g/mol. The van der Waals surface area contributed by atoms with Crippen molar-refractivity contribution < 1.29 is 4.90 Å². The third kappa shape index (κ3) is 2.64. The molecule has 3 aliphatic rings. The van der Waals surface area contributed by atoms with E-state index < -0.39 is 0 Å². The van der Waals surface area contributed by atoms with Crippen LogP contribution >= 0.6 is 0 Å². The van der Waals surface area contributed by atoms with Gasteiger partial charge in [-0.15, -0.1) is 0 Å². The number of hydrogen-bond acceptors (Lipinski definition) is 4. The van der Waals surface area contributed by atoms with Gasteiger partial charge in [-0.3, -0.25) is 10.4 Å². The van der Waals surface area contributed by atoms with E-state index in [1.54, 1.807) is 0 Å². The van der Waals surface area contributed by atoms with Crippen LogP contribution in [0.15, 0.2) is 59.7 Å². The van der Waals surface area contributed by atoms with E-state index in [4.69, 9.17) is 0 Å². The Morgan fingerprint density at radius 1 is 1.28 bits per heavy atom. The van der Waals surface area contributed by atoms with Gasteiger partial charge in [-0.25, -0.2) is 9.89 Å². The summed E-state index contributed by atoms with van der Waals surface area (Å²) in [4.78, 5) is 7.95. The topological polar surface area (TPSA) is 60.8 Å². The van der Waals surface area contributed by atoms with Crippen LogP contribution in [0.4, 0.5) is 11.5 Å². The van der Waals surface area contributed by atoms with E-state index in [1.807, 2.05) is 6.20 Å². The summed E-state index contributed by atoms with van der Waals surface area (Å²) < 4.78 is 0. The van der Waals surface area contributed by atoms with Crippen LogP contribution in [-0.4, -0.2) is 22.6 Å². The highest BCUT2D eigenvalue weighted by atomic mass is 15.4. The van der Waals surface area contributed by atoms with Gasteiger partial charge >= 0.3 is 0 Å². The Bertz CT molecular complexity index is 902. The number of H-pyrrole nitrogens is 1. The molecule has 0 radical (unpaired) electrons. The smallest absolute Gasteiger partial charge is 0.232 e. The number of rotatable bonds is 4. The number of amidine groups is 1. The minimum atomic E-state index is 0.669. The highest BCUT2D eigenvalue weighted by Crippen LogP contribution is 2.39. The standard InChI is InChI=1S/C19H20N6/c1-13-4-2-3-5-16(13)24-11-18-20-8-9-25(18)19(12-24)21-17-10-15(22-23-17)14-6-7-14/h2-5,8-10,12,14H,6-7,11H2,1H3,(H2,21,22,23)/p+1. The molecule has 3 heterocycles. The van der Waals surface area contributed by atoms with Crippen molar-refractivity contribution in [2.75, 3.05) is 16.8 Å². The minimum absolute atomic E-state index is 0.669. The van der Waals surface area contributed by atoms with Crippen molar-refractivity contribution in [3.8, 4) is 0 Å². The molecule has 1 atom stereocenters. The van der Waals surface area contributed by atoms with Gasteiger partial charge in [0.1, 0.15) is 12.7 Å². The van der Waals surface area contributed by atoms with Gasteiger partial charge in [0.05, 0.1) is 12.4 Å². The fraction of sp³-hybridized carbons (Fsp3) is 0.263. The summed E-state index contributed by atoms with van der Waals surface area (Å²) in [6.07, 6.45) is 8.64. The molecule has 1 aliphatic carbocycles. The fourth-order valence-electron chi connectivity index (χ4n) is 3.45. The number of anilines is 2. The molecule has 2 aliphatic heterocycles. The number of quaternary nitrogens is 1. The highest BCUT2D eigenvalue weighted by Gasteiger charge is 2.33. The molecule has 0 saturated heterocycles. The van der Waals surface area contributed by atoms with Crippen LogP contribution in [0, 0.1) is 6.92 Å². The number of aryl methyl sites for hydroxylation is 1. The Labute approximate surface area is 146 Å². The van der Waals surface area contributed by atoms with Crippen LogP contribution < -0.4 is 15.1 Å². The largest absolute Gasteiger partial charge is 0.329 e. The summed E-state index contributed by atoms with van der Waals surface area (Å²) in [6, 6.07) is 10.6. The third-order valence-electron chi connectivity index (χ3n) is 4.98. The number of aliphatic imine (C=N–C) groups is 1. The second-order valence-electron chi connectivity index (χ2n) is 6.87. The van der Waals surface area contributed by atoms with Crippen molar-refractivity contribution in [2.45, 2.75) is 25.7 Å². The molecule has 5 rings (SSSR count). The lowest BCUT2D eigenvalue weighted by Crippen LogP contribution is -3.10. The summed E-state index contributed by atoms with van der Waals surface area (Å²) in [6.45, 7) is 2.92. The Kier molecular flexibility index (Phi) is 3.24. The van der Waals surface area contributed by atoms with E-state index in [2.05, 4.69) is 75.1 Å². The van der Waals surface area contributed by atoms with Gasteiger partial charge in [-0.1, -0.05) is 18.2 Å². The predicted molar refractivity (Wildman–Crippen MR) is 98.3 cm³/mol. The van der Waals surface area contributed by atoms with Gasteiger partial charge < -0.3 is 4.90 Å². The first-order valence-electron chi connectivity index (χ1n) is 8.75. The number of aromatic nitrogens is 2. The Balaban J connectivity index is 1.47. The molecule has 3 N–H and O–H groups in total. The highest BCUT2D eigenvalue weighted by molar-refractivity contribution is 5.84. The number of hydrogen-bond donors (Lipinski definition) is 3. The molecule has 1 saturated carbocycles. The normalized spacial score (nSPS) is 21.8. The van der Waals surface area contributed by atoms with Gasteiger partial charge in [0, 0.05) is 23.4 Å². The number of para-hydroxylation sites is 1. The van der Waals surface area contributed by atoms with E-state index in [9.17, 15) is 0 Å². The summed E-state index contributed by atoms with van der Waals surface area (Å²) in [5.74, 6) is 3.66. The third-order valence-corrected chi connectivity index (χ3v) is 4.98. The van der Waals surface area contributed by atoms with Crippen LogP contribution in [0.3, 0.4) is 0 Å². The molecule has 2 aromatic rings. The van der Waals surface area contributed by atoms with E-state index in [0.29, 0.717) is 5.92 Å². The molecule has 6 heteroatoms. The molecule has 1 aromatic carbocycles. The van der Waals surface area contributed by atoms with Gasteiger partial charge in [0.2, 0.25) is 11.7 Å². The molecule has 1 fully saturated rings. The second-order valence-corrected chi connectivity index (χ2v) is 6.87. The Morgan fingerprint density at radius 3 is 3.00 bits per heavy atom. The maximum Gasteiger partial charge on any atom is 0.232 e. The van der Waals surface area contributed by atoms with Crippen LogP contribution in [0.1, 0.15) is 30.0 Å². The molecular formula is C19H21N6+. The van der Waals surface area contributed by atoms with Gasteiger partial charge in [0.25, 0.3) is 0 Å². The second kappa shape index (κ2) is 5.60. The zero-order valence-corrected chi connectivity index (χ0v) is 14.2. The number of nitrogens with zero attached hydrogens (tertiary/aromatic N) is 3. The monoisotopic (exact) mass is 333 g/mol. The molecule has 0 spiro atoms. The van der Waals surface area contributed by atoms with Gasteiger partial charge in [-0.05, 0) is 31.4 Å². The summed E-state index contributed by atoms with van der Waals surface area (Å²) >= 11 is 0. The number of fused-ring (bicyclic) bond motifs is 1. The van der Waals surface area contributed by atoms with Crippen molar-refractivity contribution in [2.24, 2.45) is 4.99 Å². The average Bonchev–Trinajstić information content (AvgIpc) is 3.17. The lowest BCUT2D eigenvalue weighted by atomic mass is 10.1. The molecule has 1 aromatic heterocycles. The zero-order valence-electron chi connectivity index (χ0n) is 14.2. The molecule has 6 nitrogen and oxygen atoms in total. The maximum absolute atomic E-state index is 4.55. The van der Waals surface area contributed by atoms with Crippen LogP contribution in [0.5, 0.6) is 0 Å².